The van der Waals surface area contributed by atoms with Crippen molar-refractivity contribution in [2.45, 2.75) is 30.0 Å². The third-order valence-corrected chi connectivity index (χ3v) is 9.75. The van der Waals surface area contributed by atoms with E-state index in [9.17, 15) is 14.7 Å². The number of thiazole rings is 1. The van der Waals surface area contributed by atoms with Gasteiger partial charge in [-0.1, -0.05) is 65.6 Å². The van der Waals surface area contributed by atoms with Crippen LogP contribution in [0.4, 0.5) is 5.13 Å². The third kappa shape index (κ3) is 5.93. The van der Waals surface area contributed by atoms with Crippen LogP contribution in [0.3, 0.4) is 0 Å². The number of amides is 1. The highest BCUT2D eigenvalue weighted by atomic mass is 35.5. The Morgan fingerprint density at radius 1 is 1.17 bits per heavy atom. The van der Waals surface area contributed by atoms with Crippen LogP contribution >= 0.6 is 46.0 Å². The number of ketones is 1. The standard InChI is InChI=1S/C29H25ClN4O5S3/c1-5-12-39-20-11-8-18(13-21(20)38-4)23-22(24(35)26-15(2)31-16(3)41-26)25(36)27(37)34(23)28-32-33-29(42-28)40-14-17-6-9-19(30)10-7-17/h5-11,13,23,36H,1,12,14H2,2-4H3. The minimum Gasteiger partial charge on any atom is -0.503 e. The fourth-order valence-corrected chi connectivity index (χ4v) is 7.24. The number of carbonyl (C=O) groups is 2. The summed E-state index contributed by atoms with van der Waals surface area (Å²) in [6.45, 7) is 7.45. The zero-order valence-electron chi connectivity index (χ0n) is 22.8. The third-order valence-electron chi connectivity index (χ3n) is 6.30. The van der Waals surface area contributed by atoms with Crippen molar-refractivity contribution in [3.63, 3.8) is 0 Å². The number of Topliss-reactive ketones (excluding diaryl/α,β-unsaturated/α-hetero) is 1. The molecule has 0 bridgehead atoms. The molecule has 1 aliphatic rings. The number of aliphatic hydroxyl groups is 1. The quantitative estimate of drug-likeness (QED) is 0.0808. The zero-order valence-corrected chi connectivity index (χ0v) is 26.0. The number of halogens is 1. The molecule has 2 aromatic carbocycles. The second-order valence-electron chi connectivity index (χ2n) is 9.09. The second kappa shape index (κ2) is 12.7. The molecule has 2 aromatic heterocycles. The number of ether oxygens (including phenoxy) is 2. The lowest BCUT2D eigenvalue weighted by atomic mass is 9.95. The molecule has 0 aliphatic carbocycles. The first kappa shape index (κ1) is 29.8. The van der Waals surface area contributed by atoms with Crippen LogP contribution in [0.1, 0.15) is 37.5 Å². The van der Waals surface area contributed by atoms with Crippen molar-refractivity contribution in [3.8, 4) is 11.5 Å². The largest absolute Gasteiger partial charge is 0.503 e. The van der Waals surface area contributed by atoms with Crippen molar-refractivity contribution >= 4 is 62.9 Å². The molecule has 0 fully saturated rings. The van der Waals surface area contributed by atoms with Gasteiger partial charge in [-0.3, -0.25) is 14.5 Å². The Labute approximate surface area is 259 Å². The van der Waals surface area contributed by atoms with Gasteiger partial charge in [0.2, 0.25) is 10.9 Å². The van der Waals surface area contributed by atoms with Crippen LogP contribution in [0.15, 0.2) is 70.8 Å². The Kier molecular flexibility index (Phi) is 8.97. The average molecular weight is 641 g/mol. The molecule has 1 atom stereocenters. The minimum absolute atomic E-state index is 0.0702. The summed E-state index contributed by atoms with van der Waals surface area (Å²) < 4.78 is 11.9. The second-order valence-corrected chi connectivity index (χ2v) is 12.9. The number of hydrogen-bond acceptors (Lipinski definition) is 11. The maximum absolute atomic E-state index is 13.9. The van der Waals surface area contributed by atoms with Gasteiger partial charge in [0.1, 0.15) is 6.61 Å². The summed E-state index contributed by atoms with van der Waals surface area (Å²) >= 11 is 9.85. The SMILES string of the molecule is C=CCOc1ccc(C2C(C(=O)c3sc(C)nc3C)=C(O)C(=O)N2c2nnc(SCc3ccc(Cl)cc3)s2)cc1OC. The van der Waals surface area contributed by atoms with Gasteiger partial charge >= 0.3 is 0 Å². The first-order chi connectivity index (χ1) is 20.2. The number of nitrogens with zero attached hydrogens (tertiary/aromatic N) is 4. The van der Waals surface area contributed by atoms with E-state index in [1.165, 1.54) is 46.4 Å². The first-order valence-corrected chi connectivity index (χ1v) is 15.6. The number of rotatable bonds is 11. The maximum atomic E-state index is 13.9. The zero-order chi connectivity index (χ0) is 30.0. The molecule has 1 amide bonds. The number of thioether (sulfide) groups is 1. The number of benzene rings is 2. The van der Waals surface area contributed by atoms with Crippen LogP contribution in [-0.4, -0.2) is 45.7 Å². The van der Waals surface area contributed by atoms with Crippen molar-refractivity contribution in [1.82, 2.24) is 15.2 Å². The number of hydrogen-bond donors (Lipinski definition) is 1. The van der Waals surface area contributed by atoms with E-state index in [0.29, 0.717) is 47.8 Å². The molecule has 1 unspecified atom stereocenters. The van der Waals surface area contributed by atoms with E-state index in [1.54, 1.807) is 38.1 Å². The van der Waals surface area contributed by atoms with Crippen molar-refractivity contribution < 1.29 is 24.2 Å². The Morgan fingerprint density at radius 2 is 1.93 bits per heavy atom. The topological polar surface area (TPSA) is 115 Å². The molecule has 216 valence electrons. The summed E-state index contributed by atoms with van der Waals surface area (Å²) in [5.41, 5.74) is 2.02. The summed E-state index contributed by atoms with van der Waals surface area (Å²) in [6.07, 6.45) is 1.61. The van der Waals surface area contributed by atoms with Crippen LogP contribution in [0.25, 0.3) is 0 Å². The molecule has 3 heterocycles. The lowest BCUT2D eigenvalue weighted by molar-refractivity contribution is -0.117. The Hall–Kier alpha value is -3.71. The molecule has 13 heteroatoms. The molecule has 0 radical (unpaired) electrons. The number of anilines is 1. The van der Waals surface area contributed by atoms with Crippen LogP contribution in [0, 0.1) is 13.8 Å². The fraction of sp³-hybridized carbons (Fsp3) is 0.207. The average Bonchev–Trinajstić information content (AvgIpc) is 3.66. The summed E-state index contributed by atoms with van der Waals surface area (Å²) in [6, 6.07) is 11.6. The van der Waals surface area contributed by atoms with Gasteiger partial charge in [0.05, 0.1) is 34.3 Å². The Bertz CT molecular complexity index is 1700. The van der Waals surface area contributed by atoms with Crippen LogP contribution < -0.4 is 14.4 Å². The van der Waals surface area contributed by atoms with Crippen molar-refractivity contribution in [3.05, 3.63) is 98.2 Å². The molecule has 0 saturated heterocycles. The van der Waals surface area contributed by atoms with Gasteiger partial charge in [0, 0.05) is 10.8 Å². The monoisotopic (exact) mass is 640 g/mol. The highest BCUT2D eigenvalue weighted by Crippen LogP contribution is 2.46. The molecule has 0 saturated carbocycles. The number of carbonyl (C=O) groups excluding carboxylic acids is 2. The van der Waals surface area contributed by atoms with E-state index in [0.717, 1.165) is 5.56 Å². The van der Waals surface area contributed by atoms with Gasteiger partial charge in [0.25, 0.3) is 5.91 Å². The summed E-state index contributed by atoms with van der Waals surface area (Å²) in [5, 5.41) is 21.3. The minimum atomic E-state index is -1.00. The van der Waals surface area contributed by atoms with E-state index >= 15 is 0 Å². The first-order valence-electron chi connectivity index (χ1n) is 12.6. The van der Waals surface area contributed by atoms with Gasteiger partial charge < -0.3 is 14.6 Å². The summed E-state index contributed by atoms with van der Waals surface area (Å²) in [7, 11) is 1.50. The van der Waals surface area contributed by atoms with E-state index in [-0.39, 0.29) is 17.3 Å². The Morgan fingerprint density at radius 3 is 2.60 bits per heavy atom. The number of aryl methyl sites for hydroxylation is 2. The molecular weight excluding hydrogens is 616 g/mol. The van der Waals surface area contributed by atoms with Gasteiger partial charge in [-0.25, -0.2) is 4.98 Å². The molecule has 1 aliphatic heterocycles. The summed E-state index contributed by atoms with van der Waals surface area (Å²) in [4.78, 5) is 33.5. The van der Waals surface area contributed by atoms with Crippen molar-refractivity contribution in [2.24, 2.45) is 0 Å². The van der Waals surface area contributed by atoms with E-state index in [1.807, 2.05) is 24.3 Å². The normalized spacial score (nSPS) is 14.9. The molecular formula is C29H25ClN4O5S3. The molecule has 4 aromatic rings. The number of methoxy groups -OCH3 is 1. The smallest absolute Gasteiger partial charge is 0.296 e. The van der Waals surface area contributed by atoms with Crippen molar-refractivity contribution in [1.29, 1.82) is 0 Å². The van der Waals surface area contributed by atoms with E-state index in [4.69, 9.17) is 21.1 Å². The maximum Gasteiger partial charge on any atom is 0.296 e. The van der Waals surface area contributed by atoms with Crippen molar-refractivity contribution in [2.75, 3.05) is 18.6 Å². The molecule has 1 N–H and O–H groups in total. The lowest BCUT2D eigenvalue weighted by Gasteiger charge is -2.24. The Balaban J connectivity index is 1.54. The van der Waals surface area contributed by atoms with Gasteiger partial charge in [-0.2, -0.15) is 0 Å². The number of aliphatic hydroxyl groups excluding tert-OH is 1. The van der Waals surface area contributed by atoms with Gasteiger partial charge in [0.15, 0.2) is 21.6 Å². The van der Waals surface area contributed by atoms with Gasteiger partial charge in [-0.15, -0.1) is 21.5 Å². The van der Waals surface area contributed by atoms with Gasteiger partial charge in [-0.05, 0) is 49.2 Å². The molecule has 9 nitrogen and oxygen atoms in total. The van der Waals surface area contributed by atoms with Crippen LogP contribution in [0.2, 0.25) is 5.02 Å². The van der Waals surface area contributed by atoms with Crippen LogP contribution in [0.5, 0.6) is 11.5 Å². The molecule has 42 heavy (non-hydrogen) atoms. The molecule has 5 rings (SSSR count). The predicted molar refractivity (Wildman–Crippen MR) is 165 cm³/mol. The highest BCUT2D eigenvalue weighted by molar-refractivity contribution is 8.00. The van der Waals surface area contributed by atoms with E-state index in [2.05, 4.69) is 21.8 Å². The van der Waals surface area contributed by atoms with E-state index < -0.39 is 23.5 Å². The lowest BCUT2D eigenvalue weighted by Crippen LogP contribution is -2.31. The predicted octanol–water partition coefficient (Wildman–Crippen LogP) is 6.91. The van der Waals surface area contributed by atoms with Crippen LogP contribution in [-0.2, 0) is 10.5 Å². The highest BCUT2D eigenvalue weighted by Gasteiger charge is 2.47. The fourth-order valence-electron chi connectivity index (χ4n) is 4.42. The number of aromatic nitrogens is 3. The molecule has 0 spiro atoms. The summed E-state index contributed by atoms with van der Waals surface area (Å²) in [5.74, 6) is -0.413.